The molecule has 0 saturated carbocycles. The maximum Gasteiger partial charge on any atom is 0.307 e. The average Bonchev–Trinajstić information content (AvgIpc) is 2.69. The number of carboxylic acid groups (broad SMARTS) is 1. The van der Waals surface area contributed by atoms with Gasteiger partial charge in [0.15, 0.2) is 0 Å². The van der Waals surface area contributed by atoms with Gasteiger partial charge in [-0.1, -0.05) is 42.5 Å². The molecule has 3 rings (SSSR count). The fourth-order valence-electron chi connectivity index (χ4n) is 3.11. The van der Waals surface area contributed by atoms with Gasteiger partial charge in [0.1, 0.15) is 0 Å². The first kappa shape index (κ1) is 18.4. The predicted molar refractivity (Wildman–Crippen MR) is 102 cm³/mol. The zero-order chi connectivity index (χ0) is 19.2. The molecule has 2 amide bonds. The Bertz CT molecular complexity index is 877. The maximum atomic E-state index is 12.7. The number of carbonyl (C=O) groups is 3. The molecule has 2 atom stereocenters. The number of nitrogens with one attached hydrogen (secondary N) is 2. The van der Waals surface area contributed by atoms with Gasteiger partial charge in [-0.3, -0.25) is 14.4 Å². The molecule has 138 valence electrons. The first-order valence-corrected chi connectivity index (χ1v) is 8.70. The number of anilines is 2. The number of para-hydroxylation sites is 2. The van der Waals surface area contributed by atoms with Crippen molar-refractivity contribution in [2.75, 3.05) is 10.6 Å². The molecule has 0 aliphatic heterocycles. The van der Waals surface area contributed by atoms with Crippen LogP contribution in [0.15, 0.2) is 66.7 Å². The Hall–Kier alpha value is -3.41. The molecular formula is C21H20N2O4. The van der Waals surface area contributed by atoms with Crippen molar-refractivity contribution in [2.24, 2.45) is 11.8 Å². The fourth-order valence-corrected chi connectivity index (χ4v) is 3.11. The summed E-state index contributed by atoms with van der Waals surface area (Å²) in [5, 5.41) is 14.9. The third kappa shape index (κ3) is 4.41. The summed E-state index contributed by atoms with van der Waals surface area (Å²) in [4.78, 5) is 36.7. The monoisotopic (exact) mass is 364 g/mol. The molecule has 0 fully saturated rings. The average molecular weight is 364 g/mol. The van der Waals surface area contributed by atoms with Crippen LogP contribution in [-0.2, 0) is 9.59 Å². The van der Waals surface area contributed by atoms with Crippen LogP contribution in [0.5, 0.6) is 0 Å². The molecule has 3 N–H and O–H groups in total. The van der Waals surface area contributed by atoms with E-state index in [9.17, 15) is 19.5 Å². The predicted octanol–water partition coefficient (Wildman–Crippen LogP) is 3.54. The Morgan fingerprint density at radius 3 is 2.15 bits per heavy atom. The highest BCUT2D eigenvalue weighted by molar-refractivity contribution is 6.10. The first-order chi connectivity index (χ1) is 13.1. The maximum absolute atomic E-state index is 12.7. The van der Waals surface area contributed by atoms with Crippen LogP contribution in [0.3, 0.4) is 0 Å². The van der Waals surface area contributed by atoms with E-state index in [0.29, 0.717) is 29.8 Å². The van der Waals surface area contributed by atoms with Gasteiger partial charge in [-0.2, -0.15) is 0 Å². The smallest absolute Gasteiger partial charge is 0.307 e. The number of allylic oxidation sites excluding steroid dienone is 2. The van der Waals surface area contributed by atoms with Crippen molar-refractivity contribution in [3.8, 4) is 0 Å². The van der Waals surface area contributed by atoms with Crippen LogP contribution < -0.4 is 10.6 Å². The molecule has 6 heteroatoms. The molecule has 0 aromatic heterocycles. The highest BCUT2D eigenvalue weighted by atomic mass is 16.4. The Morgan fingerprint density at radius 1 is 0.815 bits per heavy atom. The van der Waals surface area contributed by atoms with Gasteiger partial charge in [-0.25, -0.2) is 0 Å². The molecule has 0 heterocycles. The van der Waals surface area contributed by atoms with E-state index in [-0.39, 0.29) is 5.91 Å². The number of aliphatic carboxylic acids is 1. The molecule has 2 aromatic carbocycles. The van der Waals surface area contributed by atoms with Gasteiger partial charge < -0.3 is 15.7 Å². The number of carbonyl (C=O) groups excluding carboxylic acids is 2. The van der Waals surface area contributed by atoms with Crippen LogP contribution in [0.4, 0.5) is 11.4 Å². The Balaban J connectivity index is 1.77. The van der Waals surface area contributed by atoms with Gasteiger partial charge >= 0.3 is 5.97 Å². The molecule has 2 aromatic rings. The quantitative estimate of drug-likeness (QED) is 0.707. The third-order valence-electron chi connectivity index (χ3n) is 4.55. The summed E-state index contributed by atoms with van der Waals surface area (Å²) in [6, 6.07) is 15.7. The molecule has 27 heavy (non-hydrogen) atoms. The van der Waals surface area contributed by atoms with Gasteiger partial charge in [-0.05, 0) is 37.1 Å². The summed E-state index contributed by atoms with van der Waals surface area (Å²) in [6.45, 7) is 0. The number of rotatable bonds is 5. The van der Waals surface area contributed by atoms with Crippen LogP contribution in [-0.4, -0.2) is 22.9 Å². The normalized spacial score (nSPS) is 18.5. The SMILES string of the molecule is O=C(Nc1ccccc1)c1ccccc1NC(=O)[C@@H]1CC=CC[C@@H]1C(=O)O. The molecule has 0 radical (unpaired) electrons. The largest absolute Gasteiger partial charge is 0.481 e. The van der Waals surface area contributed by atoms with E-state index in [2.05, 4.69) is 10.6 Å². The van der Waals surface area contributed by atoms with Gasteiger partial charge in [0.25, 0.3) is 5.91 Å². The van der Waals surface area contributed by atoms with Gasteiger partial charge in [0.2, 0.25) is 5.91 Å². The van der Waals surface area contributed by atoms with Crippen LogP contribution in [0.25, 0.3) is 0 Å². The lowest BCUT2D eigenvalue weighted by molar-refractivity contribution is -0.146. The Kier molecular flexibility index (Phi) is 5.66. The molecule has 0 spiro atoms. The van der Waals surface area contributed by atoms with Gasteiger partial charge in [0.05, 0.1) is 23.1 Å². The second-order valence-electron chi connectivity index (χ2n) is 6.35. The van der Waals surface area contributed by atoms with Crippen LogP contribution in [0.2, 0.25) is 0 Å². The number of hydrogen-bond acceptors (Lipinski definition) is 3. The number of benzene rings is 2. The molecule has 0 saturated heterocycles. The van der Waals surface area contributed by atoms with Crippen molar-refractivity contribution >= 4 is 29.2 Å². The van der Waals surface area contributed by atoms with E-state index in [4.69, 9.17) is 0 Å². The molecule has 0 bridgehead atoms. The van der Waals surface area contributed by atoms with E-state index in [1.54, 1.807) is 42.5 Å². The summed E-state index contributed by atoms with van der Waals surface area (Å²) in [5.74, 6) is -3.17. The third-order valence-corrected chi connectivity index (χ3v) is 4.55. The van der Waals surface area contributed by atoms with Gasteiger partial charge in [-0.15, -0.1) is 0 Å². The number of amides is 2. The molecular weight excluding hydrogens is 344 g/mol. The van der Waals surface area contributed by atoms with Gasteiger partial charge in [0, 0.05) is 5.69 Å². The summed E-state index contributed by atoms with van der Waals surface area (Å²) in [7, 11) is 0. The minimum atomic E-state index is -0.991. The van der Waals surface area contributed by atoms with E-state index in [1.807, 2.05) is 24.3 Å². The lowest BCUT2D eigenvalue weighted by atomic mass is 9.82. The molecule has 6 nitrogen and oxygen atoms in total. The summed E-state index contributed by atoms with van der Waals surface area (Å²) >= 11 is 0. The highest BCUT2D eigenvalue weighted by Crippen LogP contribution is 2.28. The van der Waals surface area contributed by atoms with E-state index < -0.39 is 23.7 Å². The number of carboxylic acids is 1. The minimum Gasteiger partial charge on any atom is -0.481 e. The minimum absolute atomic E-state index is 0.313. The van der Waals surface area contributed by atoms with Crippen LogP contribution in [0.1, 0.15) is 23.2 Å². The van der Waals surface area contributed by atoms with Crippen molar-refractivity contribution in [3.63, 3.8) is 0 Å². The second-order valence-corrected chi connectivity index (χ2v) is 6.35. The van der Waals surface area contributed by atoms with Crippen molar-refractivity contribution in [2.45, 2.75) is 12.8 Å². The molecule has 0 unspecified atom stereocenters. The van der Waals surface area contributed by atoms with Crippen LogP contribution >= 0.6 is 0 Å². The standard InChI is InChI=1S/C21H20N2O4/c24-19(15-10-4-5-11-16(15)21(26)27)23-18-13-7-6-12-17(18)20(25)22-14-8-2-1-3-9-14/h1-9,12-13,15-16H,10-11H2,(H,22,25)(H,23,24)(H,26,27)/t15-,16+/m1/s1. The van der Waals surface area contributed by atoms with Crippen molar-refractivity contribution in [3.05, 3.63) is 72.3 Å². The number of hydrogen-bond donors (Lipinski definition) is 3. The lowest BCUT2D eigenvalue weighted by Gasteiger charge is -2.24. The summed E-state index contributed by atoms with van der Waals surface area (Å²) in [6.07, 6.45) is 4.28. The second kappa shape index (κ2) is 8.31. The van der Waals surface area contributed by atoms with E-state index in [1.165, 1.54) is 0 Å². The topological polar surface area (TPSA) is 95.5 Å². The fraction of sp³-hybridized carbons (Fsp3) is 0.190. The van der Waals surface area contributed by atoms with Crippen molar-refractivity contribution < 1.29 is 19.5 Å². The Morgan fingerprint density at radius 2 is 1.44 bits per heavy atom. The molecule has 1 aliphatic rings. The summed E-state index contributed by atoms with van der Waals surface area (Å²) < 4.78 is 0. The lowest BCUT2D eigenvalue weighted by Crippen LogP contribution is -2.35. The van der Waals surface area contributed by atoms with E-state index in [0.717, 1.165) is 0 Å². The zero-order valence-corrected chi connectivity index (χ0v) is 14.6. The van der Waals surface area contributed by atoms with E-state index >= 15 is 0 Å². The van der Waals surface area contributed by atoms with Crippen molar-refractivity contribution in [1.82, 2.24) is 0 Å². The van der Waals surface area contributed by atoms with Crippen LogP contribution in [0, 0.1) is 11.8 Å². The first-order valence-electron chi connectivity index (χ1n) is 8.70. The summed E-state index contributed by atoms with van der Waals surface area (Å²) in [5.41, 5.74) is 1.31. The highest BCUT2D eigenvalue weighted by Gasteiger charge is 2.34. The zero-order valence-electron chi connectivity index (χ0n) is 14.6. The molecule has 1 aliphatic carbocycles. The Labute approximate surface area is 156 Å². The van der Waals surface area contributed by atoms with Crippen molar-refractivity contribution in [1.29, 1.82) is 0 Å².